The van der Waals surface area contributed by atoms with Crippen molar-refractivity contribution in [3.63, 3.8) is 0 Å². The van der Waals surface area contributed by atoms with Crippen molar-refractivity contribution >= 4 is 39.2 Å². The van der Waals surface area contributed by atoms with E-state index in [1.807, 2.05) is 0 Å². The zero-order valence-electron chi connectivity index (χ0n) is 15.1. The van der Waals surface area contributed by atoms with Crippen LogP contribution in [0.3, 0.4) is 0 Å². The summed E-state index contributed by atoms with van der Waals surface area (Å²) in [5.41, 5.74) is 1.14. The van der Waals surface area contributed by atoms with Crippen LogP contribution in [0.15, 0.2) is 9.95 Å². The molecule has 26 heavy (non-hydrogen) atoms. The van der Waals surface area contributed by atoms with Crippen molar-refractivity contribution in [2.75, 3.05) is 5.75 Å². The number of fused-ring (bicyclic) bond motifs is 3. The molecule has 0 spiro atoms. The van der Waals surface area contributed by atoms with E-state index in [1.165, 1.54) is 47.9 Å². The minimum atomic E-state index is -0.0572. The van der Waals surface area contributed by atoms with Crippen LogP contribution < -0.4 is 10.9 Å². The number of carbonyl (C=O) groups excluding carboxylic acids is 1. The molecule has 140 valence electrons. The van der Waals surface area contributed by atoms with Crippen molar-refractivity contribution < 1.29 is 4.79 Å². The summed E-state index contributed by atoms with van der Waals surface area (Å²) in [4.78, 5) is 34.5. The first kappa shape index (κ1) is 18.0. The zero-order chi connectivity index (χ0) is 18.1. The number of thioether (sulfide) groups is 1. The standard InChI is InChI=1S/C19H25N3O2S2/c1-11-6-2-4-8-13(11)20-15(23)10-25-19-21-17(24)16-12-7-3-5-9-14(12)26-18(16)22-19/h11,13H,2-10H2,1H3,(H,20,23)(H,21,22,24)/t11-,13+/m1/s1. The average molecular weight is 392 g/mol. The maximum atomic E-state index is 12.5. The minimum Gasteiger partial charge on any atom is -0.352 e. The molecule has 2 aromatic rings. The van der Waals surface area contributed by atoms with E-state index in [0.29, 0.717) is 16.8 Å². The first-order chi connectivity index (χ1) is 12.6. The summed E-state index contributed by atoms with van der Waals surface area (Å²) in [6.07, 6.45) is 9.09. The molecule has 0 saturated heterocycles. The molecular formula is C19H25N3O2S2. The lowest BCUT2D eigenvalue weighted by molar-refractivity contribution is -0.119. The number of hydrogen-bond acceptors (Lipinski definition) is 5. The Morgan fingerprint density at radius 3 is 2.92 bits per heavy atom. The Balaban J connectivity index is 1.44. The number of hydrogen-bond donors (Lipinski definition) is 2. The quantitative estimate of drug-likeness (QED) is 0.616. The Morgan fingerprint density at radius 1 is 1.27 bits per heavy atom. The van der Waals surface area contributed by atoms with Gasteiger partial charge >= 0.3 is 0 Å². The fourth-order valence-corrected chi connectivity index (χ4v) is 6.12. The molecule has 7 heteroatoms. The number of carbonyl (C=O) groups is 1. The van der Waals surface area contributed by atoms with Gasteiger partial charge in [0.15, 0.2) is 5.16 Å². The molecule has 0 bridgehead atoms. The molecule has 0 unspecified atom stereocenters. The maximum Gasteiger partial charge on any atom is 0.260 e. The normalized spacial score (nSPS) is 23.0. The Bertz CT molecular complexity index is 874. The van der Waals surface area contributed by atoms with Crippen molar-refractivity contribution in [2.45, 2.75) is 69.5 Å². The molecule has 2 N–H and O–H groups in total. The van der Waals surface area contributed by atoms with Gasteiger partial charge in [0.05, 0.1) is 11.1 Å². The Morgan fingerprint density at radius 2 is 2.08 bits per heavy atom. The van der Waals surface area contributed by atoms with Gasteiger partial charge in [-0.2, -0.15) is 0 Å². The molecule has 0 radical (unpaired) electrons. The van der Waals surface area contributed by atoms with Gasteiger partial charge in [0.25, 0.3) is 5.56 Å². The number of H-pyrrole nitrogens is 1. The van der Waals surface area contributed by atoms with E-state index in [2.05, 4.69) is 22.2 Å². The van der Waals surface area contributed by atoms with Gasteiger partial charge in [0, 0.05) is 10.9 Å². The highest BCUT2D eigenvalue weighted by Crippen LogP contribution is 2.34. The molecule has 1 saturated carbocycles. The first-order valence-electron chi connectivity index (χ1n) is 9.58. The smallest absolute Gasteiger partial charge is 0.260 e. The number of nitrogens with zero attached hydrogens (tertiary/aromatic N) is 1. The van der Waals surface area contributed by atoms with Gasteiger partial charge in [-0.1, -0.05) is 31.5 Å². The second-order valence-electron chi connectivity index (χ2n) is 7.49. The molecule has 1 fully saturated rings. The first-order valence-corrected chi connectivity index (χ1v) is 11.4. The third-order valence-electron chi connectivity index (χ3n) is 5.60. The highest BCUT2D eigenvalue weighted by Gasteiger charge is 2.23. The molecule has 0 aromatic carbocycles. The van der Waals surface area contributed by atoms with Gasteiger partial charge in [0.1, 0.15) is 4.83 Å². The van der Waals surface area contributed by atoms with E-state index < -0.39 is 0 Å². The number of thiophene rings is 1. The number of nitrogens with one attached hydrogen (secondary N) is 2. The summed E-state index contributed by atoms with van der Waals surface area (Å²) in [5, 5.41) is 4.48. The van der Waals surface area contributed by atoms with Crippen molar-refractivity contribution in [1.29, 1.82) is 0 Å². The lowest BCUT2D eigenvalue weighted by Crippen LogP contribution is -2.41. The van der Waals surface area contributed by atoms with Crippen molar-refractivity contribution in [3.8, 4) is 0 Å². The van der Waals surface area contributed by atoms with Crippen LogP contribution in [0.5, 0.6) is 0 Å². The van der Waals surface area contributed by atoms with E-state index in [0.717, 1.165) is 35.9 Å². The highest BCUT2D eigenvalue weighted by atomic mass is 32.2. The molecule has 4 rings (SSSR count). The maximum absolute atomic E-state index is 12.5. The van der Waals surface area contributed by atoms with Crippen molar-refractivity contribution in [2.24, 2.45) is 5.92 Å². The summed E-state index contributed by atoms with van der Waals surface area (Å²) in [6, 6.07) is 0.287. The third-order valence-corrected chi connectivity index (χ3v) is 7.66. The lowest BCUT2D eigenvalue weighted by Gasteiger charge is -2.29. The summed E-state index contributed by atoms with van der Waals surface area (Å²) in [7, 11) is 0. The minimum absolute atomic E-state index is 0.0296. The number of amides is 1. The van der Waals surface area contributed by atoms with E-state index in [9.17, 15) is 9.59 Å². The number of aryl methyl sites for hydroxylation is 2. The molecule has 2 aliphatic carbocycles. The van der Waals surface area contributed by atoms with Gasteiger partial charge in [-0.05, 0) is 50.0 Å². The predicted molar refractivity (Wildman–Crippen MR) is 107 cm³/mol. The molecule has 2 heterocycles. The van der Waals surface area contributed by atoms with Gasteiger partial charge < -0.3 is 10.3 Å². The van der Waals surface area contributed by atoms with Crippen LogP contribution in [0.1, 0.15) is 55.9 Å². The predicted octanol–water partition coefficient (Wildman–Crippen LogP) is 3.65. The van der Waals surface area contributed by atoms with Crippen molar-refractivity contribution in [1.82, 2.24) is 15.3 Å². The van der Waals surface area contributed by atoms with E-state index in [1.54, 1.807) is 11.3 Å². The van der Waals surface area contributed by atoms with Gasteiger partial charge in [0.2, 0.25) is 5.91 Å². The Kier molecular flexibility index (Phi) is 5.36. The summed E-state index contributed by atoms with van der Waals surface area (Å²) in [5.74, 6) is 0.870. The number of aromatic amines is 1. The molecular weight excluding hydrogens is 366 g/mol. The number of aromatic nitrogens is 2. The summed E-state index contributed by atoms with van der Waals surface area (Å²) in [6.45, 7) is 2.21. The van der Waals surface area contributed by atoms with Crippen LogP contribution in [0.25, 0.3) is 10.2 Å². The molecule has 2 aromatic heterocycles. The summed E-state index contributed by atoms with van der Waals surface area (Å²) < 4.78 is 0. The van der Waals surface area contributed by atoms with Crippen LogP contribution >= 0.6 is 23.1 Å². The largest absolute Gasteiger partial charge is 0.352 e. The van der Waals surface area contributed by atoms with Crippen LogP contribution in [0.4, 0.5) is 0 Å². The second kappa shape index (κ2) is 7.72. The van der Waals surface area contributed by atoms with Gasteiger partial charge in [-0.15, -0.1) is 11.3 Å². The molecule has 1 amide bonds. The zero-order valence-corrected chi connectivity index (χ0v) is 16.7. The van der Waals surface area contributed by atoms with Gasteiger partial charge in [-0.3, -0.25) is 9.59 Å². The molecule has 0 aliphatic heterocycles. The van der Waals surface area contributed by atoms with E-state index in [-0.39, 0.29) is 17.5 Å². The fraction of sp³-hybridized carbons (Fsp3) is 0.632. The summed E-state index contributed by atoms with van der Waals surface area (Å²) >= 11 is 2.97. The second-order valence-corrected chi connectivity index (χ2v) is 9.53. The Labute approximate surface area is 161 Å². The Hall–Kier alpha value is -1.34. The number of rotatable bonds is 4. The fourth-order valence-electron chi connectivity index (χ4n) is 4.13. The van der Waals surface area contributed by atoms with Crippen LogP contribution in [-0.4, -0.2) is 27.7 Å². The molecule has 5 nitrogen and oxygen atoms in total. The van der Waals surface area contributed by atoms with Crippen LogP contribution in [-0.2, 0) is 17.6 Å². The highest BCUT2D eigenvalue weighted by molar-refractivity contribution is 7.99. The third kappa shape index (κ3) is 3.69. The topological polar surface area (TPSA) is 74.8 Å². The van der Waals surface area contributed by atoms with E-state index in [4.69, 9.17) is 0 Å². The SMILES string of the molecule is C[C@@H]1CCCC[C@@H]1NC(=O)CSc1nc2sc3c(c2c(=O)[nH]1)CCCC3. The molecule has 2 aliphatic rings. The van der Waals surface area contributed by atoms with Crippen molar-refractivity contribution in [3.05, 3.63) is 20.8 Å². The molecule has 2 atom stereocenters. The average Bonchev–Trinajstić information content (AvgIpc) is 3.01. The van der Waals surface area contributed by atoms with Crippen LogP contribution in [0, 0.1) is 5.92 Å². The monoisotopic (exact) mass is 391 g/mol. The van der Waals surface area contributed by atoms with E-state index >= 15 is 0 Å². The van der Waals surface area contributed by atoms with Crippen LogP contribution in [0.2, 0.25) is 0 Å². The lowest BCUT2D eigenvalue weighted by atomic mass is 9.86. The van der Waals surface area contributed by atoms with Gasteiger partial charge in [-0.25, -0.2) is 4.98 Å².